The van der Waals surface area contributed by atoms with Crippen LogP contribution in [0.3, 0.4) is 0 Å². The molecule has 0 saturated carbocycles. The van der Waals surface area contributed by atoms with Crippen molar-refractivity contribution in [2.75, 3.05) is 0 Å². The van der Waals surface area contributed by atoms with Crippen molar-refractivity contribution < 1.29 is 4.74 Å². The van der Waals surface area contributed by atoms with Crippen LogP contribution in [0, 0.1) is 13.8 Å². The Morgan fingerprint density at radius 1 is 0.852 bits per heavy atom. The van der Waals surface area contributed by atoms with Gasteiger partial charge in [-0.15, -0.1) is 0 Å². The monoisotopic (exact) mass is 395 g/mol. The lowest BCUT2D eigenvalue weighted by molar-refractivity contribution is 0.486. The number of halogens is 2. The number of aromatic nitrogens is 3. The third-order valence-electron chi connectivity index (χ3n) is 4.30. The topological polar surface area (TPSA) is 47.9 Å². The molecule has 0 fully saturated rings. The predicted molar refractivity (Wildman–Crippen MR) is 109 cm³/mol. The molecule has 0 aliphatic rings. The smallest absolute Gasteiger partial charge is 0.155 e. The molecule has 0 atom stereocenters. The van der Waals surface area contributed by atoms with Gasteiger partial charge in [0, 0.05) is 23.5 Å². The van der Waals surface area contributed by atoms with Crippen LogP contribution in [0.25, 0.3) is 22.3 Å². The molecule has 4 rings (SSSR count). The zero-order valence-corrected chi connectivity index (χ0v) is 16.2. The highest BCUT2D eigenvalue weighted by Crippen LogP contribution is 2.37. The third-order valence-corrected chi connectivity index (χ3v) is 5.02. The fourth-order valence-electron chi connectivity index (χ4n) is 2.77. The Balaban J connectivity index is 1.87. The van der Waals surface area contributed by atoms with Gasteiger partial charge in [-0.2, -0.15) is 0 Å². The SMILES string of the molecule is Cc1cc(Oc2ccnc3cc(Cl)c(Cl)cc23)c(-c2ccccn2)nc1C. The van der Waals surface area contributed by atoms with Gasteiger partial charge in [0.1, 0.15) is 11.4 Å². The molecule has 134 valence electrons. The van der Waals surface area contributed by atoms with Crippen molar-refractivity contribution in [3.8, 4) is 22.9 Å². The standard InChI is InChI=1S/C21H15Cl2N3O/c1-12-9-20(21(26-13(12)2)17-5-3-4-7-24-17)27-19-6-8-25-18-11-16(23)15(22)10-14(18)19/h3-11H,1-2H3. The van der Waals surface area contributed by atoms with Gasteiger partial charge in [0.25, 0.3) is 0 Å². The minimum absolute atomic E-state index is 0.449. The molecule has 0 spiro atoms. The highest BCUT2D eigenvalue weighted by Gasteiger charge is 2.15. The summed E-state index contributed by atoms with van der Waals surface area (Å²) >= 11 is 12.3. The van der Waals surface area contributed by atoms with Crippen molar-refractivity contribution in [2.45, 2.75) is 13.8 Å². The number of aryl methyl sites for hydroxylation is 2. The number of hydrogen-bond donors (Lipinski definition) is 0. The summed E-state index contributed by atoms with van der Waals surface area (Å²) < 4.78 is 6.26. The lowest BCUT2D eigenvalue weighted by atomic mass is 10.1. The molecule has 0 aliphatic carbocycles. The predicted octanol–water partition coefficient (Wildman–Crippen LogP) is 6.41. The number of benzene rings is 1. The van der Waals surface area contributed by atoms with E-state index in [1.54, 1.807) is 30.6 Å². The molecule has 4 nitrogen and oxygen atoms in total. The molecule has 1 aromatic carbocycles. The summed E-state index contributed by atoms with van der Waals surface area (Å²) in [6.07, 6.45) is 3.41. The average molecular weight is 396 g/mol. The van der Waals surface area contributed by atoms with Crippen LogP contribution in [0.1, 0.15) is 11.3 Å². The second-order valence-corrected chi connectivity index (χ2v) is 6.96. The highest BCUT2D eigenvalue weighted by atomic mass is 35.5. The highest BCUT2D eigenvalue weighted by molar-refractivity contribution is 6.42. The summed E-state index contributed by atoms with van der Waals surface area (Å²) in [6.45, 7) is 3.97. The normalized spacial score (nSPS) is 11.0. The molecule has 0 radical (unpaired) electrons. The van der Waals surface area contributed by atoms with Crippen LogP contribution in [-0.4, -0.2) is 15.0 Å². The maximum absolute atomic E-state index is 6.26. The second kappa shape index (κ2) is 7.14. The Bertz CT molecular complexity index is 1150. The first kappa shape index (κ1) is 17.7. The van der Waals surface area contributed by atoms with Crippen molar-refractivity contribution in [1.29, 1.82) is 0 Å². The van der Waals surface area contributed by atoms with Crippen LogP contribution in [0.4, 0.5) is 0 Å². The Morgan fingerprint density at radius 2 is 1.67 bits per heavy atom. The van der Waals surface area contributed by atoms with Crippen LogP contribution in [-0.2, 0) is 0 Å². The van der Waals surface area contributed by atoms with Crippen LogP contribution < -0.4 is 4.74 Å². The fraction of sp³-hybridized carbons (Fsp3) is 0.0952. The van der Waals surface area contributed by atoms with E-state index >= 15 is 0 Å². The zero-order chi connectivity index (χ0) is 19.0. The van der Waals surface area contributed by atoms with Gasteiger partial charge in [-0.1, -0.05) is 29.3 Å². The summed E-state index contributed by atoms with van der Waals surface area (Å²) in [5.41, 5.74) is 4.10. The number of nitrogens with zero attached hydrogens (tertiary/aromatic N) is 3. The van der Waals surface area contributed by atoms with E-state index in [1.807, 2.05) is 38.1 Å². The fourth-order valence-corrected chi connectivity index (χ4v) is 3.09. The van der Waals surface area contributed by atoms with Crippen molar-refractivity contribution in [2.24, 2.45) is 0 Å². The summed E-state index contributed by atoms with van der Waals surface area (Å²) in [5, 5.41) is 1.68. The molecule has 0 N–H and O–H groups in total. The van der Waals surface area contributed by atoms with E-state index in [4.69, 9.17) is 32.9 Å². The molecule has 0 amide bonds. The van der Waals surface area contributed by atoms with E-state index in [9.17, 15) is 0 Å². The van der Waals surface area contributed by atoms with E-state index in [0.717, 1.165) is 22.3 Å². The minimum atomic E-state index is 0.449. The van der Waals surface area contributed by atoms with E-state index in [0.29, 0.717) is 32.8 Å². The van der Waals surface area contributed by atoms with Gasteiger partial charge in [-0.3, -0.25) is 9.97 Å². The van der Waals surface area contributed by atoms with E-state index in [1.165, 1.54) is 0 Å². The Kier molecular flexibility index (Phi) is 4.68. The lowest BCUT2D eigenvalue weighted by Crippen LogP contribution is -1.98. The van der Waals surface area contributed by atoms with Gasteiger partial charge in [0.15, 0.2) is 5.75 Å². The molecule has 0 bridgehead atoms. The Morgan fingerprint density at radius 3 is 2.44 bits per heavy atom. The van der Waals surface area contributed by atoms with Gasteiger partial charge in [-0.05, 0) is 55.8 Å². The number of rotatable bonds is 3. The lowest BCUT2D eigenvalue weighted by Gasteiger charge is -2.14. The van der Waals surface area contributed by atoms with E-state index in [2.05, 4.69) is 9.97 Å². The van der Waals surface area contributed by atoms with Crippen LogP contribution in [0.15, 0.2) is 54.9 Å². The summed E-state index contributed by atoms with van der Waals surface area (Å²) in [5.74, 6) is 1.25. The quantitative estimate of drug-likeness (QED) is 0.402. The molecule has 27 heavy (non-hydrogen) atoms. The molecular weight excluding hydrogens is 381 g/mol. The molecule has 6 heteroatoms. The van der Waals surface area contributed by atoms with Gasteiger partial charge < -0.3 is 4.74 Å². The first-order valence-corrected chi connectivity index (χ1v) is 9.10. The molecule has 3 heterocycles. The molecule has 0 aliphatic heterocycles. The first-order valence-electron chi connectivity index (χ1n) is 8.34. The maximum atomic E-state index is 6.26. The largest absolute Gasteiger partial charge is 0.454 e. The Hall–Kier alpha value is -2.69. The van der Waals surface area contributed by atoms with Crippen LogP contribution in [0.2, 0.25) is 10.0 Å². The number of fused-ring (bicyclic) bond motifs is 1. The summed E-state index contributed by atoms with van der Waals surface area (Å²) in [4.78, 5) is 13.5. The van der Waals surface area contributed by atoms with Gasteiger partial charge >= 0.3 is 0 Å². The number of pyridine rings is 3. The van der Waals surface area contributed by atoms with Gasteiger partial charge in [-0.25, -0.2) is 4.98 Å². The van der Waals surface area contributed by atoms with Crippen molar-refractivity contribution in [3.63, 3.8) is 0 Å². The molecule has 4 aromatic rings. The van der Waals surface area contributed by atoms with Crippen LogP contribution in [0.5, 0.6) is 11.5 Å². The van der Waals surface area contributed by atoms with Gasteiger partial charge in [0.05, 0.1) is 21.3 Å². The minimum Gasteiger partial charge on any atom is -0.454 e. The Labute approximate surface area is 166 Å². The molecule has 3 aromatic heterocycles. The van der Waals surface area contributed by atoms with Crippen molar-refractivity contribution >= 4 is 34.1 Å². The van der Waals surface area contributed by atoms with Crippen molar-refractivity contribution in [1.82, 2.24) is 15.0 Å². The first-order chi connectivity index (χ1) is 13.0. The van der Waals surface area contributed by atoms with Crippen LogP contribution >= 0.6 is 23.2 Å². The molecular formula is C21H15Cl2N3O. The summed E-state index contributed by atoms with van der Waals surface area (Å²) in [6, 6.07) is 13.0. The second-order valence-electron chi connectivity index (χ2n) is 6.15. The molecule has 0 saturated heterocycles. The summed E-state index contributed by atoms with van der Waals surface area (Å²) in [7, 11) is 0. The van der Waals surface area contributed by atoms with Crippen molar-refractivity contribution in [3.05, 3.63) is 76.2 Å². The number of ether oxygens (including phenoxy) is 1. The number of hydrogen-bond acceptors (Lipinski definition) is 4. The molecule has 0 unspecified atom stereocenters. The van der Waals surface area contributed by atoms with E-state index in [-0.39, 0.29) is 0 Å². The average Bonchev–Trinajstić information content (AvgIpc) is 2.67. The van der Waals surface area contributed by atoms with Gasteiger partial charge in [0.2, 0.25) is 0 Å². The zero-order valence-electron chi connectivity index (χ0n) is 14.7. The third kappa shape index (κ3) is 3.46. The maximum Gasteiger partial charge on any atom is 0.155 e. The van der Waals surface area contributed by atoms with E-state index < -0.39 is 0 Å².